The first-order valence-electron chi connectivity index (χ1n) is 2.98. The lowest BCUT2D eigenvalue weighted by molar-refractivity contribution is 0.565. The van der Waals surface area contributed by atoms with Crippen LogP contribution in [0.5, 0.6) is 0 Å². The van der Waals surface area contributed by atoms with Crippen molar-refractivity contribution < 1.29 is 17.2 Å². The zero-order valence-electron chi connectivity index (χ0n) is 6.14. The van der Waals surface area contributed by atoms with E-state index in [1.807, 2.05) is 0 Å². The van der Waals surface area contributed by atoms with Gasteiger partial charge in [0.05, 0.1) is 11.0 Å². The maximum absolute atomic E-state index is 12.4. The van der Waals surface area contributed by atoms with Gasteiger partial charge < -0.3 is 0 Å². The Kier molecular flexibility index (Phi) is 2.14. The first-order valence-corrected chi connectivity index (χ1v) is 4.87. The van der Waals surface area contributed by atoms with Crippen molar-refractivity contribution in [1.82, 2.24) is 0 Å². The number of hydrogen-bond acceptors (Lipinski definition) is 2. The maximum Gasteiger partial charge on any atom is 0.175 e. The first kappa shape index (κ1) is 9.12. The zero-order valence-corrected chi connectivity index (χ0v) is 6.95. The zero-order chi connectivity index (χ0) is 9.35. The van der Waals surface area contributed by atoms with Crippen molar-refractivity contribution in [1.29, 1.82) is 0 Å². The number of hydrogen-bond donors (Lipinski definition) is 0. The normalized spacial score (nSPS) is 11.6. The van der Waals surface area contributed by atoms with Crippen molar-refractivity contribution >= 4 is 9.84 Å². The molecule has 0 N–H and O–H groups in total. The molecule has 0 aliphatic rings. The second-order valence-electron chi connectivity index (χ2n) is 2.28. The molecule has 0 saturated carbocycles. The highest BCUT2D eigenvalue weighted by atomic mass is 32.2. The van der Waals surface area contributed by atoms with Crippen molar-refractivity contribution in [2.75, 3.05) is 6.26 Å². The van der Waals surface area contributed by atoms with Gasteiger partial charge in [0, 0.05) is 6.26 Å². The lowest BCUT2D eigenvalue weighted by Crippen LogP contribution is -1.98. The number of sulfone groups is 1. The van der Waals surface area contributed by atoms with E-state index < -0.39 is 21.5 Å². The van der Waals surface area contributed by atoms with Crippen LogP contribution in [-0.4, -0.2) is 14.7 Å². The Morgan fingerprint density at radius 3 is 2.00 bits per heavy atom. The molecule has 0 spiro atoms. The molecule has 65 valence electrons. The minimum Gasteiger partial charge on any atom is -0.224 e. The predicted molar refractivity (Wildman–Crippen MR) is 38.3 cm³/mol. The fraction of sp³-hybridized carbons (Fsp3) is 0.143. The van der Waals surface area contributed by atoms with Gasteiger partial charge in [0.1, 0.15) is 11.6 Å². The van der Waals surface area contributed by atoms with Crippen molar-refractivity contribution in [2.45, 2.75) is 4.90 Å². The summed E-state index contributed by atoms with van der Waals surface area (Å²) in [6.07, 6.45) is 0.876. The molecular formula is C7H5F2O2S. The molecule has 0 heterocycles. The maximum atomic E-state index is 12.4. The lowest BCUT2D eigenvalue weighted by atomic mass is 10.3. The number of rotatable bonds is 1. The summed E-state index contributed by atoms with van der Waals surface area (Å²) in [4.78, 5) is -0.378. The average Bonchev–Trinajstić information content (AvgIpc) is 1.82. The van der Waals surface area contributed by atoms with Crippen LogP contribution in [0.3, 0.4) is 0 Å². The van der Waals surface area contributed by atoms with Gasteiger partial charge in [0.25, 0.3) is 0 Å². The van der Waals surface area contributed by atoms with Crippen molar-refractivity contribution in [3.63, 3.8) is 0 Å². The van der Waals surface area contributed by atoms with E-state index in [-0.39, 0.29) is 4.90 Å². The monoisotopic (exact) mass is 191 g/mol. The first-order chi connectivity index (χ1) is 5.39. The second-order valence-corrected chi connectivity index (χ2v) is 4.30. The van der Waals surface area contributed by atoms with Gasteiger partial charge in [-0.1, -0.05) is 0 Å². The standard InChI is InChI=1S/C7H5F2O2S/c1-12(10,11)7-3-5(8)2-6(9)4-7/h3-4H,1H3. The molecule has 1 rings (SSSR count). The highest BCUT2D eigenvalue weighted by Gasteiger charge is 2.10. The highest BCUT2D eigenvalue weighted by molar-refractivity contribution is 7.90. The van der Waals surface area contributed by atoms with Gasteiger partial charge in [-0.2, -0.15) is 0 Å². The third kappa shape index (κ3) is 2.01. The van der Waals surface area contributed by atoms with Gasteiger partial charge in [-0.3, -0.25) is 0 Å². The van der Waals surface area contributed by atoms with Crippen LogP contribution in [0.25, 0.3) is 0 Å². The summed E-state index contributed by atoms with van der Waals surface area (Å²) < 4.78 is 46.4. The predicted octanol–water partition coefficient (Wildman–Crippen LogP) is 1.17. The van der Waals surface area contributed by atoms with Crippen LogP contribution >= 0.6 is 0 Å². The quantitative estimate of drug-likeness (QED) is 0.667. The summed E-state index contributed by atoms with van der Waals surface area (Å²) in [6, 6.07) is 3.13. The molecule has 0 amide bonds. The average molecular weight is 191 g/mol. The summed E-state index contributed by atoms with van der Waals surface area (Å²) in [5.74, 6) is -2.04. The van der Waals surface area contributed by atoms with Crippen LogP contribution in [0, 0.1) is 17.7 Å². The minimum absolute atomic E-state index is 0.378. The molecule has 0 atom stereocenters. The van der Waals surface area contributed by atoms with E-state index in [1.165, 1.54) is 0 Å². The van der Waals surface area contributed by atoms with Crippen LogP contribution in [-0.2, 0) is 9.84 Å². The molecule has 0 aliphatic carbocycles. The Morgan fingerprint density at radius 1 is 1.25 bits per heavy atom. The van der Waals surface area contributed by atoms with Crippen LogP contribution in [0.1, 0.15) is 0 Å². The Balaban J connectivity index is 3.37. The van der Waals surface area contributed by atoms with Gasteiger partial charge in [-0.05, 0) is 12.1 Å². The molecule has 0 fully saturated rings. The van der Waals surface area contributed by atoms with Gasteiger partial charge in [-0.25, -0.2) is 17.2 Å². The summed E-state index contributed by atoms with van der Waals surface area (Å²) in [5, 5.41) is 0. The molecule has 5 heteroatoms. The molecule has 0 aromatic heterocycles. The molecule has 1 aromatic rings. The van der Waals surface area contributed by atoms with Crippen LogP contribution in [0.2, 0.25) is 0 Å². The molecule has 0 unspecified atom stereocenters. The van der Waals surface area contributed by atoms with Crippen molar-refractivity contribution in [3.8, 4) is 0 Å². The number of halogens is 2. The largest absolute Gasteiger partial charge is 0.224 e. The van der Waals surface area contributed by atoms with Crippen LogP contribution < -0.4 is 0 Å². The van der Waals surface area contributed by atoms with Gasteiger partial charge >= 0.3 is 0 Å². The van der Waals surface area contributed by atoms with Crippen LogP contribution in [0.4, 0.5) is 8.78 Å². The molecule has 12 heavy (non-hydrogen) atoms. The summed E-state index contributed by atoms with van der Waals surface area (Å²) in [7, 11) is -3.55. The SMILES string of the molecule is CS(=O)(=O)c1cc(F)[c]c(F)c1. The van der Waals surface area contributed by atoms with Gasteiger partial charge in [-0.15, -0.1) is 0 Å². The van der Waals surface area contributed by atoms with Crippen molar-refractivity contribution in [3.05, 3.63) is 29.8 Å². The fourth-order valence-corrected chi connectivity index (χ4v) is 1.33. The Labute approximate surface area is 68.8 Å². The Hall–Kier alpha value is -0.970. The molecule has 1 radical (unpaired) electrons. The van der Waals surface area contributed by atoms with Crippen molar-refractivity contribution in [2.24, 2.45) is 0 Å². The fourth-order valence-electron chi connectivity index (χ4n) is 0.692. The Bertz CT molecular complexity index is 378. The molecule has 0 aliphatic heterocycles. The van der Waals surface area contributed by atoms with E-state index in [0.717, 1.165) is 18.4 Å². The third-order valence-corrected chi connectivity index (χ3v) is 2.30. The summed E-state index contributed by atoms with van der Waals surface area (Å²) >= 11 is 0. The van der Waals surface area contributed by atoms with E-state index in [2.05, 4.69) is 0 Å². The van der Waals surface area contributed by atoms with E-state index >= 15 is 0 Å². The second kappa shape index (κ2) is 2.82. The molecule has 0 bridgehead atoms. The van der Waals surface area contributed by atoms with Crippen LogP contribution in [0.15, 0.2) is 17.0 Å². The summed E-state index contributed by atoms with van der Waals surface area (Å²) in [6.45, 7) is 0. The molecule has 2 nitrogen and oxygen atoms in total. The summed E-state index contributed by atoms with van der Waals surface area (Å²) in [5.41, 5.74) is 0. The van der Waals surface area contributed by atoms with E-state index in [0.29, 0.717) is 0 Å². The minimum atomic E-state index is -3.55. The van der Waals surface area contributed by atoms with Gasteiger partial charge in [0.15, 0.2) is 9.84 Å². The van der Waals surface area contributed by atoms with Gasteiger partial charge in [0.2, 0.25) is 0 Å². The smallest absolute Gasteiger partial charge is 0.175 e. The lowest BCUT2D eigenvalue weighted by Gasteiger charge is -1.97. The molecule has 1 aromatic carbocycles. The highest BCUT2D eigenvalue weighted by Crippen LogP contribution is 2.12. The number of benzene rings is 1. The van der Waals surface area contributed by atoms with E-state index in [1.54, 1.807) is 6.07 Å². The van der Waals surface area contributed by atoms with E-state index in [4.69, 9.17) is 0 Å². The van der Waals surface area contributed by atoms with E-state index in [9.17, 15) is 17.2 Å². The third-order valence-electron chi connectivity index (χ3n) is 1.20. The topological polar surface area (TPSA) is 34.1 Å². The molecular weight excluding hydrogens is 186 g/mol. The molecule has 0 saturated heterocycles. The Morgan fingerprint density at radius 2 is 1.67 bits per heavy atom.